The topological polar surface area (TPSA) is 156 Å². The third-order valence-electron chi connectivity index (χ3n) is 2.95. The normalized spacial score (nSPS) is 12.8. The van der Waals surface area contributed by atoms with E-state index in [-0.39, 0.29) is 12.3 Å². The van der Waals surface area contributed by atoms with Crippen molar-refractivity contribution in [2.75, 3.05) is 0 Å². The fourth-order valence-electron chi connectivity index (χ4n) is 1.86. The van der Waals surface area contributed by atoms with E-state index in [2.05, 4.69) is 0 Å². The summed E-state index contributed by atoms with van der Waals surface area (Å²) in [5.41, 5.74) is 10.7. The van der Waals surface area contributed by atoms with E-state index in [0.29, 0.717) is 11.1 Å². The Bertz CT molecular complexity index is 356. The maximum Gasteiger partial charge on any atom is 0.248 e. The van der Waals surface area contributed by atoms with Crippen molar-refractivity contribution in [2.45, 2.75) is 38.5 Å². The smallest absolute Gasteiger partial charge is 0.248 e. The van der Waals surface area contributed by atoms with Gasteiger partial charge >= 0.3 is 0 Å². The van der Waals surface area contributed by atoms with Crippen LogP contribution in [-0.4, -0.2) is 11.8 Å². The molecule has 6 nitrogen and oxygen atoms in total. The first-order valence-electron chi connectivity index (χ1n) is 6.31. The lowest BCUT2D eigenvalue weighted by molar-refractivity contribution is 0.0988. The molecule has 1 aliphatic carbocycles. The number of hydrogen-bond donors (Lipinski definition) is 4. The molecular weight excluding hydrogens is 256 g/mol. The van der Waals surface area contributed by atoms with Crippen molar-refractivity contribution in [1.82, 2.24) is 12.3 Å². The van der Waals surface area contributed by atoms with Gasteiger partial charge in [0.05, 0.1) is 0 Å². The maximum absolute atomic E-state index is 10.6. The predicted molar refractivity (Wildman–Crippen MR) is 81.2 cm³/mol. The van der Waals surface area contributed by atoms with Crippen LogP contribution in [0.25, 0.3) is 0 Å². The molecule has 0 spiro atoms. The summed E-state index contributed by atoms with van der Waals surface area (Å²) >= 11 is 0. The first kappa shape index (κ1) is 20.4. The quantitative estimate of drug-likeness (QED) is 0.657. The Labute approximate surface area is 120 Å². The standard InChI is InChI=1S/C8H8N2O2.C6H12.2H3N/c9-7(11)5-1-2-6(4-3-5)8(10)12;1-2-4-6-5-3-1;;/h1-4H,(H2,9,11)(H2,10,12);1-6H2;2*1H3. The summed E-state index contributed by atoms with van der Waals surface area (Å²) in [4.78, 5) is 21.2. The van der Waals surface area contributed by atoms with Crippen LogP contribution in [0.2, 0.25) is 0 Å². The lowest BCUT2D eigenvalue weighted by Crippen LogP contribution is -2.13. The third-order valence-corrected chi connectivity index (χ3v) is 2.95. The number of primary amides is 2. The Morgan fingerprint density at radius 1 is 0.650 bits per heavy atom. The first-order chi connectivity index (χ1) is 8.61. The van der Waals surface area contributed by atoms with Crippen molar-refractivity contribution in [3.05, 3.63) is 35.4 Å². The molecule has 1 aliphatic rings. The van der Waals surface area contributed by atoms with E-state index < -0.39 is 11.8 Å². The molecule has 2 amide bonds. The highest BCUT2D eigenvalue weighted by molar-refractivity contribution is 5.96. The minimum Gasteiger partial charge on any atom is -0.366 e. The van der Waals surface area contributed by atoms with Crippen LogP contribution in [0.5, 0.6) is 0 Å². The molecule has 10 N–H and O–H groups in total. The van der Waals surface area contributed by atoms with E-state index in [9.17, 15) is 9.59 Å². The molecule has 0 heterocycles. The molecular formula is C14H26N4O2. The number of carbonyl (C=O) groups excluding carboxylic acids is 2. The summed E-state index contributed by atoms with van der Waals surface area (Å²) in [6.07, 6.45) is 9.00. The first-order valence-corrected chi connectivity index (χ1v) is 6.31. The van der Waals surface area contributed by atoms with Crippen LogP contribution >= 0.6 is 0 Å². The van der Waals surface area contributed by atoms with Crippen LogP contribution in [-0.2, 0) is 0 Å². The van der Waals surface area contributed by atoms with Crippen molar-refractivity contribution in [2.24, 2.45) is 11.5 Å². The summed E-state index contributed by atoms with van der Waals surface area (Å²) in [7, 11) is 0. The van der Waals surface area contributed by atoms with E-state index in [1.807, 2.05) is 0 Å². The van der Waals surface area contributed by atoms with Gasteiger partial charge < -0.3 is 23.8 Å². The van der Waals surface area contributed by atoms with Gasteiger partial charge in [0, 0.05) is 11.1 Å². The second-order valence-corrected chi connectivity index (χ2v) is 4.43. The summed E-state index contributed by atoms with van der Waals surface area (Å²) in [6.45, 7) is 0. The minimum absolute atomic E-state index is 0. The van der Waals surface area contributed by atoms with Crippen LogP contribution in [0, 0.1) is 0 Å². The average Bonchev–Trinajstić information content (AvgIpc) is 2.41. The van der Waals surface area contributed by atoms with Gasteiger partial charge in [-0.1, -0.05) is 38.5 Å². The second-order valence-electron chi connectivity index (χ2n) is 4.43. The van der Waals surface area contributed by atoms with Crippen molar-refractivity contribution in [3.8, 4) is 0 Å². The molecule has 0 saturated heterocycles. The van der Waals surface area contributed by atoms with Crippen LogP contribution in [0.1, 0.15) is 59.2 Å². The molecule has 1 aromatic carbocycles. The van der Waals surface area contributed by atoms with Gasteiger partial charge in [-0.25, -0.2) is 0 Å². The molecule has 1 fully saturated rings. The lowest BCUT2D eigenvalue weighted by atomic mass is 10.0. The van der Waals surface area contributed by atoms with Crippen molar-refractivity contribution in [1.29, 1.82) is 0 Å². The Morgan fingerprint density at radius 3 is 1.00 bits per heavy atom. The van der Waals surface area contributed by atoms with Gasteiger partial charge in [0.1, 0.15) is 0 Å². The van der Waals surface area contributed by atoms with Gasteiger partial charge in [-0.15, -0.1) is 0 Å². The molecule has 0 aromatic heterocycles. The minimum atomic E-state index is -0.522. The Hall–Kier alpha value is -1.92. The zero-order chi connectivity index (χ0) is 13.4. The summed E-state index contributed by atoms with van der Waals surface area (Å²) in [6, 6.07) is 5.84. The molecule has 0 bridgehead atoms. The fraction of sp³-hybridized carbons (Fsp3) is 0.429. The van der Waals surface area contributed by atoms with Crippen LogP contribution in [0.3, 0.4) is 0 Å². The molecule has 0 atom stereocenters. The number of amides is 2. The number of benzene rings is 1. The van der Waals surface area contributed by atoms with Gasteiger partial charge in [0.2, 0.25) is 11.8 Å². The largest absolute Gasteiger partial charge is 0.366 e. The second kappa shape index (κ2) is 11.0. The lowest BCUT2D eigenvalue weighted by Gasteiger charge is -2.05. The number of hydrogen-bond acceptors (Lipinski definition) is 4. The summed E-state index contributed by atoms with van der Waals surface area (Å²) in [5, 5.41) is 0. The molecule has 6 heteroatoms. The van der Waals surface area contributed by atoms with E-state index >= 15 is 0 Å². The summed E-state index contributed by atoms with van der Waals surface area (Å²) in [5.74, 6) is -1.04. The van der Waals surface area contributed by atoms with E-state index in [4.69, 9.17) is 11.5 Å². The number of carbonyl (C=O) groups is 2. The Kier molecular flexibility index (Phi) is 11.2. The monoisotopic (exact) mass is 282 g/mol. The zero-order valence-corrected chi connectivity index (χ0v) is 11.9. The molecule has 2 rings (SSSR count). The van der Waals surface area contributed by atoms with Crippen LogP contribution < -0.4 is 23.8 Å². The van der Waals surface area contributed by atoms with Crippen molar-refractivity contribution < 1.29 is 9.59 Å². The SMILES string of the molecule is C1CCCCC1.N.N.NC(=O)c1ccc(C(N)=O)cc1. The van der Waals surface area contributed by atoms with E-state index in [1.165, 1.54) is 62.8 Å². The van der Waals surface area contributed by atoms with Crippen LogP contribution in [0.4, 0.5) is 0 Å². The zero-order valence-electron chi connectivity index (χ0n) is 11.9. The Balaban J connectivity index is 0. The van der Waals surface area contributed by atoms with E-state index in [1.54, 1.807) is 0 Å². The molecule has 1 aromatic rings. The molecule has 1 saturated carbocycles. The molecule has 0 aliphatic heterocycles. The van der Waals surface area contributed by atoms with Gasteiger partial charge in [0.15, 0.2) is 0 Å². The molecule has 0 unspecified atom stereocenters. The molecule has 114 valence electrons. The average molecular weight is 282 g/mol. The van der Waals surface area contributed by atoms with Crippen LogP contribution in [0.15, 0.2) is 24.3 Å². The van der Waals surface area contributed by atoms with E-state index in [0.717, 1.165) is 0 Å². The Morgan fingerprint density at radius 2 is 0.850 bits per heavy atom. The summed E-state index contributed by atoms with van der Waals surface area (Å²) < 4.78 is 0. The third kappa shape index (κ3) is 7.50. The highest BCUT2D eigenvalue weighted by atomic mass is 16.1. The molecule has 0 radical (unpaired) electrons. The fourth-order valence-corrected chi connectivity index (χ4v) is 1.86. The molecule has 20 heavy (non-hydrogen) atoms. The highest BCUT2D eigenvalue weighted by Gasteiger charge is 2.02. The van der Waals surface area contributed by atoms with Gasteiger partial charge in [-0.3, -0.25) is 9.59 Å². The number of rotatable bonds is 2. The van der Waals surface area contributed by atoms with Crippen molar-refractivity contribution >= 4 is 11.8 Å². The van der Waals surface area contributed by atoms with Crippen molar-refractivity contribution in [3.63, 3.8) is 0 Å². The maximum atomic E-state index is 10.6. The van der Waals surface area contributed by atoms with Gasteiger partial charge in [0.25, 0.3) is 0 Å². The van der Waals surface area contributed by atoms with Gasteiger partial charge in [-0.2, -0.15) is 0 Å². The predicted octanol–water partition coefficient (Wildman–Crippen LogP) is 2.55. The van der Waals surface area contributed by atoms with Gasteiger partial charge in [-0.05, 0) is 24.3 Å². The number of nitrogens with two attached hydrogens (primary N) is 2. The highest BCUT2D eigenvalue weighted by Crippen LogP contribution is 2.15.